The molecule has 0 amide bonds. The molecule has 4 atom stereocenters. The minimum atomic E-state index is 0.0842. The lowest BCUT2D eigenvalue weighted by molar-refractivity contribution is -0.273. The highest BCUT2D eigenvalue weighted by Crippen LogP contribution is 2.36. The van der Waals surface area contributed by atoms with Gasteiger partial charge in [0.15, 0.2) is 6.29 Å². The largest absolute Gasteiger partial charge is 0.349 e. The summed E-state index contributed by atoms with van der Waals surface area (Å²) in [6.07, 6.45) is 11.1. The number of hydrogen-bond donors (Lipinski definition) is 0. The minimum absolute atomic E-state index is 0.0842. The highest BCUT2D eigenvalue weighted by atomic mass is 16.7. The number of unbranched alkanes of at least 4 members (excludes halogenated alkanes) is 2. The van der Waals surface area contributed by atoms with Gasteiger partial charge >= 0.3 is 0 Å². The van der Waals surface area contributed by atoms with Gasteiger partial charge in [-0.3, -0.25) is 0 Å². The Balaban J connectivity index is 1.80. The molecule has 0 bridgehead atoms. The van der Waals surface area contributed by atoms with Crippen LogP contribution in [0, 0.1) is 5.92 Å². The van der Waals surface area contributed by atoms with Crippen molar-refractivity contribution in [1.82, 2.24) is 0 Å². The van der Waals surface area contributed by atoms with Gasteiger partial charge in [0.1, 0.15) is 0 Å². The molecule has 2 heteroatoms. The van der Waals surface area contributed by atoms with Crippen LogP contribution in [-0.4, -0.2) is 18.5 Å². The fourth-order valence-corrected chi connectivity index (χ4v) is 3.10. The standard InChI is InChI=1S/C14H26O2/c1-3-4-5-10-14-15-11(2)12-8-6-7-9-13(12)16-14/h11-14H,3-10H2,1-2H3. The molecule has 1 aliphatic heterocycles. The van der Waals surface area contributed by atoms with E-state index in [2.05, 4.69) is 13.8 Å². The van der Waals surface area contributed by atoms with Crippen molar-refractivity contribution in [3.8, 4) is 0 Å². The second kappa shape index (κ2) is 6.02. The number of ether oxygens (including phenoxy) is 2. The van der Waals surface area contributed by atoms with Gasteiger partial charge in [-0.25, -0.2) is 0 Å². The van der Waals surface area contributed by atoms with Crippen molar-refractivity contribution in [1.29, 1.82) is 0 Å². The molecule has 0 aromatic carbocycles. The van der Waals surface area contributed by atoms with Crippen molar-refractivity contribution in [2.75, 3.05) is 0 Å². The third kappa shape index (κ3) is 2.98. The molecular formula is C14H26O2. The van der Waals surface area contributed by atoms with Gasteiger partial charge in [0, 0.05) is 5.92 Å². The molecule has 2 aliphatic rings. The second-order valence-corrected chi connectivity index (χ2v) is 5.39. The van der Waals surface area contributed by atoms with Crippen molar-refractivity contribution in [3.05, 3.63) is 0 Å². The molecule has 94 valence electrons. The van der Waals surface area contributed by atoms with Gasteiger partial charge < -0.3 is 9.47 Å². The summed E-state index contributed by atoms with van der Waals surface area (Å²) in [5, 5.41) is 0. The molecule has 16 heavy (non-hydrogen) atoms. The Morgan fingerprint density at radius 2 is 1.88 bits per heavy atom. The van der Waals surface area contributed by atoms with Crippen LogP contribution in [0.5, 0.6) is 0 Å². The topological polar surface area (TPSA) is 18.5 Å². The van der Waals surface area contributed by atoms with Crippen LogP contribution >= 0.6 is 0 Å². The van der Waals surface area contributed by atoms with E-state index in [0.717, 1.165) is 6.42 Å². The Bertz CT molecular complexity index is 205. The molecule has 0 spiro atoms. The van der Waals surface area contributed by atoms with Crippen LogP contribution in [0.25, 0.3) is 0 Å². The Morgan fingerprint density at radius 1 is 1.06 bits per heavy atom. The van der Waals surface area contributed by atoms with E-state index in [1.54, 1.807) is 0 Å². The average molecular weight is 226 g/mol. The van der Waals surface area contributed by atoms with E-state index in [-0.39, 0.29) is 6.29 Å². The molecule has 0 N–H and O–H groups in total. The van der Waals surface area contributed by atoms with Crippen LogP contribution in [0.1, 0.15) is 65.2 Å². The molecule has 2 rings (SSSR count). The first kappa shape index (κ1) is 12.4. The fourth-order valence-electron chi connectivity index (χ4n) is 3.10. The van der Waals surface area contributed by atoms with Crippen LogP contribution < -0.4 is 0 Å². The zero-order valence-electron chi connectivity index (χ0n) is 10.8. The van der Waals surface area contributed by atoms with E-state index in [1.165, 1.54) is 44.9 Å². The molecule has 2 fully saturated rings. The van der Waals surface area contributed by atoms with Crippen molar-refractivity contribution < 1.29 is 9.47 Å². The minimum Gasteiger partial charge on any atom is -0.349 e. The molecule has 1 aliphatic carbocycles. The zero-order chi connectivity index (χ0) is 11.4. The predicted molar refractivity (Wildman–Crippen MR) is 65.3 cm³/mol. The lowest BCUT2D eigenvalue weighted by Gasteiger charge is -2.43. The third-order valence-electron chi connectivity index (χ3n) is 4.09. The SMILES string of the molecule is CCCCCC1OC(C)C2CCCCC2O1. The maximum atomic E-state index is 6.09. The number of rotatable bonds is 4. The summed E-state index contributed by atoms with van der Waals surface area (Å²) < 4.78 is 12.1. The normalized spacial score (nSPS) is 39.4. The van der Waals surface area contributed by atoms with Gasteiger partial charge in [0.2, 0.25) is 0 Å². The molecule has 4 unspecified atom stereocenters. The van der Waals surface area contributed by atoms with Gasteiger partial charge in [0.25, 0.3) is 0 Å². The Morgan fingerprint density at radius 3 is 2.69 bits per heavy atom. The van der Waals surface area contributed by atoms with Crippen LogP contribution in [0.4, 0.5) is 0 Å². The smallest absolute Gasteiger partial charge is 0.158 e. The van der Waals surface area contributed by atoms with Crippen LogP contribution in [0.15, 0.2) is 0 Å². The first-order chi connectivity index (χ1) is 7.81. The summed E-state index contributed by atoms with van der Waals surface area (Å²) >= 11 is 0. The first-order valence-electron chi connectivity index (χ1n) is 7.12. The molecule has 0 aromatic rings. The molecule has 1 saturated heterocycles. The summed E-state index contributed by atoms with van der Waals surface area (Å²) in [5.41, 5.74) is 0. The van der Waals surface area contributed by atoms with Crippen molar-refractivity contribution in [2.45, 2.75) is 83.7 Å². The maximum absolute atomic E-state index is 6.09. The van der Waals surface area contributed by atoms with Crippen molar-refractivity contribution >= 4 is 0 Å². The molecule has 0 aromatic heterocycles. The molecule has 2 nitrogen and oxygen atoms in total. The second-order valence-electron chi connectivity index (χ2n) is 5.39. The summed E-state index contributed by atoms with van der Waals surface area (Å²) in [6, 6.07) is 0. The van der Waals surface area contributed by atoms with Crippen LogP contribution in [0.3, 0.4) is 0 Å². The van der Waals surface area contributed by atoms with Gasteiger partial charge in [-0.05, 0) is 32.6 Å². The molecule has 0 radical (unpaired) electrons. The van der Waals surface area contributed by atoms with E-state index in [0.29, 0.717) is 18.1 Å². The van der Waals surface area contributed by atoms with Crippen molar-refractivity contribution in [3.63, 3.8) is 0 Å². The van der Waals surface area contributed by atoms with E-state index < -0.39 is 0 Å². The van der Waals surface area contributed by atoms with Crippen LogP contribution in [0.2, 0.25) is 0 Å². The Hall–Kier alpha value is -0.0800. The van der Waals surface area contributed by atoms with Gasteiger partial charge in [-0.15, -0.1) is 0 Å². The zero-order valence-corrected chi connectivity index (χ0v) is 10.8. The van der Waals surface area contributed by atoms with E-state index in [4.69, 9.17) is 9.47 Å². The number of fused-ring (bicyclic) bond motifs is 1. The predicted octanol–water partition coefficient (Wildman–Crippen LogP) is 3.89. The van der Waals surface area contributed by atoms with Crippen molar-refractivity contribution in [2.24, 2.45) is 5.92 Å². The summed E-state index contributed by atoms with van der Waals surface area (Å²) in [5.74, 6) is 0.663. The third-order valence-corrected chi connectivity index (χ3v) is 4.09. The average Bonchev–Trinajstić information content (AvgIpc) is 2.30. The van der Waals surface area contributed by atoms with Gasteiger partial charge in [-0.1, -0.05) is 32.6 Å². The quantitative estimate of drug-likeness (QED) is 0.677. The lowest BCUT2D eigenvalue weighted by Crippen LogP contribution is -2.46. The Labute approximate surface area is 99.7 Å². The van der Waals surface area contributed by atoms with Gasteiger partial charge in [0.05, 0.1) is 12.2 Å². The van der Waals surface area contributed by atoms with E-state index in [1.807, 2.05) is 0 Å². The monoisotopic (exact) mass is 226 g/mol. The molecular weight excluding hydrogens is 200 g/mol. The number of hydrogen-bond acceptors (Lipinski definition) is 2. The summed E-state index contributed by atoms with van der Waals surface area (Å²) in [4.78, 5) is 0. The first-order valence-corrected chi connectivity index (χ1v) is 7.12. The highest BCUT2D eigenvalue weighted by molar-refractivity contribution is 4.83. The highest BCUT2D eigenvalue weighted by Gasteiger charge is 2.37. The lowest BCUT2D eigenvalue weighted by atomic mass is 9.82. The van der Waals surface area contributed by atoms with Crippen LogP contribution in [-0.2, 0) is 9.47 Å². The van der Waals surface area contributed by atoms with E-state index in [9.17, 15) is 0 Å². The Kier molecular flexibility index (Phi) is 4.66. The molecule has 1 heterocycles. The summed E-state index contributed by atoms with van der Waals surface area (Å²) in [7, 11) is 0. The maximum Gasteiger partial charge on any atom is 0.158 e. The summed E-state index contributed by atoms with van der Waals surface area (Å²) in [6.45, 7) is 4.47. The van der Waals surface area contributed by atoms with Gasteiger partial charge in [-0.2, -0.15) is 0 Å². The fraction of sp³-hybridized carbons (Fsp3) is 1.00. The molecule has 1 saturated carbocycles. The van der Waals surface area contributed by atoms with E-state index >= 15 is 0 Å².